The average molecular weight is 300 g/mol. The van der Waals surface area contributed by atoms with Gasteiger partial charge < -0.3 is 25.2 Å². The quantitative estimate of drug-likeness (QED) is 0.705. The highest BCUT2D eigenvalue weighted by molar-refractivity contribution is 5.93. The number of anilines is 1. The molecule has 0 heterocycles. The minimum Gasteiger partial charge on any atom is -0.478 e. The molecule has 1 aromatic carbocycles. The second-order valence-corrected chi connectivity index (χ2v) is 4.15. The molecule has 0 fully saturated rings. The van der Waals surface area contributed by atoms with E-state index >= 15 is 0 Å². The third-order valence-electron chi connectivity index (χ3n) is 2.64. The zero-order valence-electron chi connectivity index (χ0n) is 11.7. The van der Waals surface area contributed by atoms with Gasteiger partial charge in [0.25, 0.3) is 0 Å². The van der Waals surface area contributed by atoms with Crippen molar-refractivity contribution in [2.75, 3.05) is 32.7 Å². The Kier molecular flexibility index (Phi) is 6.57. The van der Waals surface area contributed by atoms with Gasteiger partial charge in [-0.3, -0.25) is 0 Å². The van der Waals surface area contributed by atoms with Crippen LogP contribution < -0.4 is 10.6 Å². The number of hydrogen-bond acceptors (Lipinski definition) is 4. The van der Waals surface area contributed by atoms with Crippen LogP contribution in [0.2, 0.25) is 0 Å². The van der Waals surface area contributed by atoms with E-state index in [1.165, 1.54) is 14.2 Å². The molecule has 0 saturated carbocycles. The topological polar surface area (TPSA) is 96.9 Å². The van der Waals surface area contributed by atoms with Crippen LogP contribution in [0.3, 0.4) is 0 Å². The number of benzene rings is 1. The SMILES string of the molecule is COCC(CNC(=O)Nc1cc(C(=O)O)ccc1F)OC. The minimum atomic E-state index is -1.21. The van der Waals surface area contributed by atoms with Crippen LogP contribution in [0.15, 0.2) is 18.2 Å². The second-order valence-electron chi connectivity index (χ2n) is 4.15. The first kappa shape index (κ1) is 16.9. The Balaban J connectivity index is 2.62. The highest BCUT2D eigenvalue weighted by Gasteiger charge is 2.13. The van der Waals surface area contributed by atoms with Crippen LogP contribution >= 0.6 is 0 Å². The summed E-state index contributed by atoms with van der Waals surface area (Å²) < 4.78 is 23.4. The molecule has 1 atom stereocenters. The Morgan fingerprint density at radius 1 is 1.38 bits per heavy atom. The molecule has 21 heavy (non-hydrogen) atoms. The van der Waals surface area contributed by atoms with E-state index in [0.717, 1.165) is 18.2 Å². The number of carboxylic acid groups (broad SMARTS) is 1. The number of nitrogens with one attached hydrogen (secondary N) is 2. The van der Waals surface area contributed by atoms with E-state index in [0.29, 0.717) is 6.61 Å². The predicted molar refractivity (Wildman–Crippen MR) is 73.1 cm³/mol. The number of hydrogen-bond donors (Lipinski definition) is 3. The lowest BCUT2D eigenvalue weighted by Crippen LogP contribution is -2.38. The Hall–Kier alpha value is -2.19. The molecule has 1 unspecified atom stereocenters. The Morgan fingerprint density at radius 3 is 2.67 bits per heavy atom. The van der Waals surface area contributed by atoms with Crippen molar-refractivity contribution in [1.29, 1.82) is 0 Å². The Morgan fingerprint density at radius 2 is 2.10 bits per heavy atom. The van der Waals surface area contributed by atoms with Gasteiger partial charge in [0.05, 0.1) is 24.0 Å². The van der Waals surface area contributed by atoms with Gasteiger partial charge in [0.1, 0.15) is 5.82 Å². The zero-order valence-corrected chi connectivity index (χ0v) is 11.7. The number of rotatable bonds is 7. The molecule has 0 saturated heterocycles. The molecule has 116 valence electrons. The third-order valence-corrected chi connectivity index (χ3v) is 2.64. The Labute approximate surface area is 121 Å². The van der Waals surface area contributed by atoms with Gasteiger partial charge >= 0.3 is 12.0 Å². The number of ether oxygens (including phenoxy) is 2. The lowest BCUT2D eigenvalue weighted by Gasteiger charge is -2.15. The molecule has 8 heteroatoms. The lowest BCUT2D eigenvalue weighted by molar-refractivity contribution is 0.0307. The van der Waals surface area contributed by atoms with Gasteiger partial charge in [-0.2, -0.15) is 0 Å². The monoisotopic (exact) mass is 300 g/mol. The molecule has 1 aromatic rings. The van der Waals surface area contributed by atoms with Gasteiger partial charge in [-0.15, -0.1) is 0 Å². The number of urea groups is 1. The maximum absolute atomic E-state index is 13.5. The summed E-state index contributed by atoms with van der Waals surface area (Å²) in [6.07, 6.45) is -0.337. The number of aromatic carboxylic acids is 1. The average Bonchev–Trinajstić information content (AvgIpc) is 2.45. The number of carbonyl (C=O) groups is 2. The molecule has 0 aliphatic heterocycles. The third kappa shape index (κ3) is 5.36. The Bertz CT molecular complexity index is 509. The molecule has 0 bridgehead atoms. The van der Waals surface area contributed by atoms with Crippen LogP contribution in [-0.2, 0) is 9.47 Å². The molecule has 3 N–H and O–H groups in total. The molecular weight excluding hydrogens is 283 g/mol. The summed E-state index contributed by atoms with van der Waals surface area (Å²) in [5.74, 6) is -1.94. The van der Waals surface area contributed by atoms with E-state index in [-0.39, 0.29) is 23.9 Å². The fourth-order valence-corrected chi connectivity index (χ4v) is 1.52. The first-order chi connectivity index (χ1) is 9.97. The van der Waals surface area contributed by atoms with Gasteiger partial charge in [0.2, 0.25) is 0 Å². The molecule has 0 aliphatic rings. The van der Waals surface area contributed by atoms with Crippen molar-refractivity contribution in [3.63, 3.8) is 0 Å². The second kappa shape index (κ2) is 8.18. The number of halogens is 1. The van der Waals surface area contributed by atoms with Crippen LogP contribution in [0, 0.1) is 5.82 Å². The van der Waals surface area contributed by atoms with Gasteiger partial charge in [0.15, 0.2) is 0 Å². The van der Waals surface area contributed by atoms with E-state index < -0.39 is 17.8 Å². The molecule has 0 aromatic heterocycles. The number of carboxylic acids is 1. The van der Waals surface area contributed by atoms with Crippen molar-refractivity contribution in [3.05, 3.63) is 29.6 Å². The van der Waals surface area contributed by atoms with Crippen LogP contribution in [0.1, 0.15) is 10.4 Å². The van der Waals surface area contributed by atoms with Crippen molar-refractivity contribution in [1.82, 2.24) is 5.32 Å². The first-order valence-corrected chi connectivity index (χ1v) is 6.07. The summed E-state index contributed by atoms with van der Waals surface area (Å²) >= 11 is 0. The van der Waals surface area contributed by atoms with Gasteiger partial charge in [-0.05, 0) is 18.2 Å². The van der Waals surface area contributed by atoms with E-state index in [1.54, 1.807) is 0 Å². The summed E-state index contributed by atoms with van der Waals surface area (Å²) in [6.45, 7) is 0.454. The maximum atomic E-state index is 13.5. The molecule has 0 spiro atoms. The normalized spacial score (nSPS) is 11.8. The van der Waals surface area contributed by atoms with E-state index in [1.807, 2.05) is 0 Å². The highest BCUT2D eigenvalue weighted by Crippen LogP contribution is 2.16. The van der Waals surface area contributed by atoms with Crippen LogP contribution in [0.4, 0.5) is 14.9 Å². The molecular formula is C13H17FN2O5. The van der Waals surface area contributed by atoms with E-state index in [2.05, 4.69) is 10.6 Å². The van der Waals surface area contributed by atoms with E-state index in [4.69, 9.17) is 14.6 Å². The minimum absolute atomic E-state index is 0.124. The van der Waals surface area contributed by atoms with Crippen molar-refractivity contribution in [3.8, 4) is 0 Å². The zero-order chi connectivity index (χ0) is 15.8. The highest BCUT2D eigenvalue weighted by atomic mass is 19.1. The standard InChI is InChI=1S/C13H17FN2O5/c1-20-7-9(21-2)6-15-13(19)16-11-5-8(12(17)18)3-4-10(11)14/h3-5,9H,6-7H2,1-2H3,(H,17,18)(H2,15,16,19). The van der Waals surface area contributed by atoms with Crippen molar-refractivity contribution in [2.24, 2.45) is 0 Å². The summed E-state index contributed by atoms with van der Waals surface area (Å²) in [5.41, 5.74) is -0.339. The van der Waals surface area contributed by atoms with Crippen molar-refractivity contribution in [2.45, 2.75) is 6.10 Å². The smallest absolute Gasteiger partial charge is 0.335 e. The lowest BCUT2D eigenvalue weighted by atomic mass is 10.2. The predicted octanol–water partition coefficient (Wildman–Crippen LogP) is 1.31. The molecule has 7 nitrogen and oxygen atoms in total. The first-order valence-electron chi connectivity index (χ1n) is 6.07. The van der Waals surface area contributed by atoms with Crippen LogP contribution in [0.25, 0.3) is 0 Å². The van der Waals surface area contributed by atoms with E-state index in [9.17, 15) is 14.0 Å². The van der Waals surface area contributed by atoms with Crippen molar-refractivity contribution < 1.29 is 28.6 Å². The van der Waals surface area contributed by atoms with Gasteiger partial charge in [-0.1, -0.05) is 0 Å². The summed E-state index contributed by atoms with van der Waals surface area (Å²) in [4.78, 5) is 22.4. The summed E-state index contributed by atoms with van der Waals surface area (Å²) in [6, 6.07) is 2.46. The fourth-order valence-electron chi connectivity index (χ4n) is 1.52. The van der Waals surface area contributed by atoms with Gasteiger partial charge in [0, 0.05) is 20.8 Å². The van der Waals surface area contributed by atoms with Crippen LogP contribution in [-0.4, -0.2) is 50.6 Å². The number of methoxy groups -OCH3 is 2. The maximum Gasteiger partial charge on any atom is 0.335 e. The molecule has 0 aliphatic carbocycles. The van der Waals surface area contributed by atoms with Gasteiger partial charge in [-0.25, -0.2) is 14.0 Å². The molecule has 0 radical (unpaired) electrons. The fraction of sp³-hybridized carbons (Fsp3) is 0.385. The number of amides is 2. The number of carbonyl (C=O) groups excluding carboxylic acids is 1. The van der Waals surface area contributed by atoms with Crippen LogP contribution in [0.5, 0.6) is 0 Å². The molecule has 1 rings (SSSR count). The summed E-state index contributed by atoms with van der Waals surface area (Å²) in [5, 5.41) is 13.5. The van der Waals surface area contributed by atoms with Crippen molar-refractivity contribution >= 4 is 17.7 Å². The molecule has 2 amide bonds. The summed E-state index contributed by atoms with van der Waals surface area (Å²) in [7, 11) is 2.97. The largest absolute Gasteiger partial charge is 0.478 e.